The molecule has 0 fully saturated rings. The van der Waals surface area contributed by atoms with Gasteiger partial charge in [-0.3, -0.25) is 0 Å². The van der Waals surface area contributed by atoms with Crippen LogP contribution in [0.15, 0.2) is 30.5 Å². The number of nitrogen functional groups attached to an aromatic ring is 1. The minimum Gasteiger partial charge on any atom is -0.497 e. The first-order valence-electron chi connectivity index (χ1n) is 5.81. The number of nitrogens with zero attached hydrogens (tertiary/aromatic N) is 3. The zero-order chi connectivity index (χ0) is 12.5. The zero-order valence-electron chi connectivity index (χ0n) is 10.5. The molecule has 0 bridgehead atoms. The van der Waals surface area contributed by atoms with Crippen molar-refractivity contribution in [2.45, 2.75) is 6.42 Å². The molecule has 0 saturated heterocycles. The van der Waals surface area contributed by atoms with Crippen molar-refractivity contribution in [2.75, 3.05) is 24.3 Å². The van der Waals surface area contributed by atoms with E-state index in [4.69, 9.17) is 10.5 Å². The van der Waals surface area contributed by atoms with E-state index in [1.54, 1.807) is 13.3 Å². The lowest BCUT2D eigenvalue weighted by molar-refractivity contribution is 0.415. The highest BCUT2D eigenvalue weighted by molar-refractivity contribution is 5.85. The summed E-state index contributed by atoms with van der Waals surface area (Å²) in [6, 6.07) is 7.97. The van der Waals surface area contributed by atoms with Crippen molar-refractivity contribution in [2.24, 2.45) is 0 Å². The fourth-order valence-corrected chi connectivity index (χ4v) is 2.24. The van der Waals surface area contributed by atoms with E-state index in [9.17, 15) is 0 Å². The van der Waals surface area contributed by atoms with Gasteiger partial charge in [-0.05, 0) is 24.1 Å². The average Bonchev–Trinajstić information content (AvgIpc) is 2.81. The number of hydrogen-bond donors (Lipinski definition) is 1. The largest absolute Gasteiger partial charge is 0.497 e. The van der Waals surface area contributed by atoms with Crippen LogP contribution in [0.25, 0.3) is 0 Å². The van der Waals surface area contributed by atoms with E-state index in [2.05, 4.69) is 20.9 Å². The second-order valence-electron chi connectivity index (χ2n) is 4.17. The van der Waals surface area contributed by atoms with Gasteiger partial charge in [0.1, 0.15) is 11.6 Å². The van der Waals surface area contributed by atoms with Gasteiger partial charge in [0.2, 0.25) is 5.95 Å². The highest BCUT2D eigenvalue weighted by atomic mass is 35.5. The second kappa shape index (κ2) is 5.32. The third-order valence-electron chi connectivity index (χ3n) is 3.12. The number of nitrogens with two attached hydrogens (primary N) is 1. The van der Waals surface area contributed by atoms with Crippen LogP contribution in [0, 0.1) is 0 Å². The highest BCUT2D eigenvalue weighted by Crippen LogP contribution is 2.35. The summed E-state index contributed by atoms with van der Waals surface area (Å²) in [6.45, 7) is 0.902. The smallest absolute Gasteiger partial charge is 0.221 e. The molecular formula is C13H15ClN4O. The lowest BCUT2D eigenvalue weighted by Gasteiger charge is -2.18. The van der Waals surface area contributed by atoms with Crippen LogP contribution in [0.3, 0.4) is 0 Å². The number of halogens is 1. The van der Waals surface area contributed by atoms with Gasteiger partial charge in [0.05, 0.1) is 7.11 Å². The van der Waals surface area contributed by atoms with Crippen molar-refractivity contribution in [3.8, 4) is 5.75 Å². The summed E-state index contributed by atoms with van der Waals surface area (Å²) >= 11 is 0. The van der Waals surface area contributed by atoms with Crippen LogP contribution in [0.2, 0.25) is 0 Å². The number of benzene rings is 1. The van der Waals surface area contributed by atoms with E-state index in [1.165, 1.54) is 5.56 Å². The molecule has 2 aromatic rings. The van der Waals surface area contributed by atoms with Crippen LogP contribution in [0.1, 0.15) is 5.56 Å². The Morgan fingerprint density at radius 3 is 2.89 bits per heavy atom. The third kappa shape index (κ3) is 2.42. The van der Waals surface area contributed by atoms with Crippen molar-refractivity contribution in [1.82, 2.24) is 9.97 Å². The molecule has 0 unspecified atom stereocenters. The molecule has 19 heavy (non-hydrogen) atoms. The van der Waals surface area contributed by atoms with Crippen LogP contribution in [0.5, 0.6) is 5.75 Å². The number of aromatic nitrogens is 2. The maximum atomic E-state index is 5.63. The first kappa shape index (κ1) is 13.4. The molecule has 1 aliphatic heterocycles. The maximum Gasteiger partial charge on any atom is 0.221 e. The Bertz CT molecular complexity index is 591. The summed E-state index contributed by atoms with van der Waals surface area (Å²) in [7, 11) is 1.67. The van der Waals surface area contributed by atoms with E-state index >= 15 is 0 Å². The summed E-state index contributed by atoms with van der Waals surface area (Å²) in [5, 5.41) is 0. The summed E-state index contributed by atoms with van der Waals surface area (Å²) in [5.41, 5.74) is 8.06. The van der Waals surface area contributed by atoms with E-state index in [0.717, 1.165) is 30.2 Å². The van der Waals surface area contributed by atoms with Crippen molar-refractivity contribution in [1.29, 1.82) is 0 Å². The fourth-order valence-electron chi connectivity index (χ4n) is 2.24. The van der Waals surface area contributed by atoms with Gasteiger partial charge in [0, 0.05) is 24.5 Å². The van der Waals surface area contributed by atoms with E-state index in [-0.39, 0.29) is 12.4 Å². The zero-order valence-corrected chi connectivity index (χ0v) is 11.4. The van der Waals surface area contributed by atoms with Gasteiger partial charge in [0.25, 0.3) is 0 Å². The third-order valence-corrected chi connectivity index (χ3v) is 3.12. The Hall–Kier alpha value is -2.01. The SMILES string of the molecule is COc1ccc2c(c1)N(c1ccnc(N)n1)CC2.Cl. The molecule has 2 heterocycles. The normalized spacial score (nSPS) is 12.8. The summed E-state index contributed by atoms with van der Waals surface area (Å²) in [4.78, 5) is 10.3. The number of fused-ring (bicyclic) bond motifs is 1. The maximum absolute atomic E-state index is 5.63. The van der Waals surface area contributed by atoms with E-state index < -0.39 is 0 Å². The molecule has 3 rings (SSSR count). The van der Waals surface area contributed by atoms with Gasteiger partial charge in [-0.2, -0.15) is 4.98 Å². The molecule has 0 radical (unpaired) electrons. The number of rotatable bonds is 2. The minimum atomic E-state index is 0. The van der Waals surface area contributed by atoms with Crippen LogP contribution in [-0.4, -0.2) is 23.6 Å². The van der Waals surface area contributed by atoms with Crippen molar-refractivity contribution < 1.29 is 4.74 Å². The monoisotopic (exact) mass is 278 g/mol. The molecule has 5 nitrogen and oxygen atoms in total. The number of methoxy groups -OCH3 is 1. The van der Waals surface area contributed by atoms with Crippen LogP contribution >= 0.6 is 12.4 Å². The van der Waals surface area contributed by atoms with Gasteiger partial charge < -0.3 is 15.4 Å². The van der Waals surface area contributed by atoms with Crippen LogP contribution < -0.4 is 15.4 Å². The predicted octanol–water partition coefficient (Wildman–Crippen LogP) is 2.18. The Kier molecular flexibility index (Phi) is 3.76. The molecule has 1 aliphatic rings. The van der Waals surface area contributed by atoms with Gasteiger partial charge in [-0.25, -0.2) is 4.98 Å². The molecule has 6 heteroatoms. The lowest BCUT2D eigenvalue weighted by atomic mass is 10.1. The highest BCUT2D eigenvalue weighted by Gasteiger charge is 2.22. The average molecular weight is 279 g/mol. The standard InChI is InChI=1S/C13H14N4O.ClH/c1-18-10-3-2-9-5-7-17(11(9)8-10)12-4-6-15-13(14)16-12;/h2-4,6,8H,5,7H2,1H3,(H2,14,15,16);1H. The van der Waals surface area contributed by atoms with E-state index in [1.807, 2.05) is 18.2 Å². The second-order valence-corrected chi connectivity index (χ2v) is 4.17. The molecule has 1 aromatic carbocycles. The topological polar surface area (TPSA) is 64.3 Å². The molecule has 0 amide bonds. The number of ether oxygens (including phenoxy) is 1. The quantitative estimate of drug-likeness (QED) is 0.912. The summed E-state index contributed by atoms with van der Waals surface area (Å²) in [6.07, 6.45) is 2.68. The predicted molar refractivity (Wildman–Crippen MR) is 77.4 cm³/mol. The summed E-state index contributed by atoms with van der Waals surface area (Å²) < 4.78 is 5.26. The fraction of sp³-hybridized carbons (Fsp3) is 0.231. The number of hydrogen-bond acceptors (Lipinski definition) is 5. The molecule has 0 spiro atoms. The lowest BCUT2D eigenvalue weighted by Crippen LogP contribution is -2.15. The van der Waals surface area contributed by atoms with Crippen LogP contribution in [0.4, 0.5) is 17.5 Å². The molecule has 0 saturated carbocycles. The Morgan fingerprint density at radius 1 is 1.32 bits per heavy atom. The summed E-state index contributed by atoms with van der Waals surface area (Å²) in [5.74, 6) is 1.97. The van der Waals surface area contributed by atoms with Gasteiger partial charge in [0.15, 0.2) is 0 Å². The molecule has 0 atom stereocenters. The molecule has 100 valence electrons. The Labute approximate surface area is 117 Å². The van der Waals surface area contributed by atoms with Crippen molar-refractivity contribution in [3.63, 3.8) is 0 Å². The van der Waals surface area contributed by atoms with Crippen molar-refractivity contribution >= 4 is 29.9 Å². The molecule has 1 aromatic heterocycles. The van der Waals surface area contributed by atoms with Gasteiger partial charge in [-0.1, -0.05) is 6.07 Å². The Morgan fingerprint density at radius 2 is 2.16 bits per heavy atom. The van der Waals surface area contributed by atoms with E-state index in [0.29, 0.717) is 5.95 Å². The van der Waals surface area contributed by atoms with Crippen LogP contribution in [-0.2, 0) is 6.42 Å². The van der Waals surface area contributed by atoms with Gasteiger partial charge >= 0.3 is 0 Å². The molecular weight excluding hydrogens is 264 g/mol. The van der Waals surface area contributed by atoms with Gasteiger partial charge in [-0.15, -0.1) is 12.4 Å². The number of anilines is 3. The Balaban J connectivity index is 0.00000133. The first-order chi connectivity index (χ1) is 8.78. The van der Waals surface area contributed by atoms with Crippen molar-refractivity contribution in [3.05, 3.63) is 36.0 Å². The minimum absolute atomic E-state index is 0. The first-order valence-corrected chi connectivity index (χ1v) is 5.81. The molecule has 2 N–H and O–H groups in total. The molecule has 0 aliphatic carbocycles.